The van der Waals surface area contributed by atoms with Crippen molar-refractivity contribution in [2.24, 2.45) is 0 Å². The number of thiol groups is 1. The molecule has 1 rings (SSSR count). The fourth-order valence-electron chi connectivity index (χ4n) is 1.84. The molecule has 5 nitrogen and oxygen atoms in total. The van der Waals surface area contributed by atoms with Crippen LogP contribution in [0, 0.1) is 3.57 Å². The number of ether oxygens (including phenoxy) is 2. The number of benzene rings is 1. The number of aliphatic hydroxyl groups is 1. The molecule has 0 aromatic heterocycles. The third kappa shape index (κ3) is 6.01. The summed E-state index contributed by atoms with van der Waals surface area (Å²) in [4.78, 5) is 11.0. The highest BCUT2D eigenvalue weighted by atomic mass is 127. The maximum atomic E-state index is 11.0. The molecule has 0 fully saturated rings. The van der Waals surface area contributed by atoms with Gasteiger partial charge in [-0.15, -0.1) is 0 Å². The van der Waals surface area contributed by atoms with Gasteiger partial charge in [-0.3, -0.25) is 4.79 Å². The van der Waals surface area contributed by atoms with E-state index >= 15 is 0 Å². The average molecular weight is 426 g/mol. The van der Waals surface area contributed by atoms with Crippen LogP contribution in [-0.4, -0.2) is 41.3 Å². The Balaban J connectivity index is 2.74. The van der Waals surface area contributed by atoms with Crippen LogP contribution < -0.4 is 0 Å². The van der Waals surface area contributed by atoms with Crippen molar-refractivity contribution in [2.45, 2.75) is 25.6 Å². The number of phenols is 1. The monoisotopic (exact) mass is 426 g/mol. The molecule has 1 aromatic rings. The predicted octanol–water partition coefficient (Wildman–Crippen LogP) is 2.30. The fourth-order valence-corrected chi connectivity index (χ4v) is 2.45. The quantitative estimate of drug-likeness (QED) is 0.338. The maximum Gasteiger partial charge on any atom is 0.315 e. The lowest BCUT2D eigenvalue weighted by molar-refractivity contribution is -0.142. The van der Waals surface area contributed by atoms with E-state index < -0.39 is 18.2 Å². The van der Waals surface area contributed by atoms with Gasteiger partial charge in [0.1, 0.15) is 11.9 Å². The van der Waals surface area contributed by atoms with Crippen LogP contribution in [0.15, 0.2) is 18.2 Å². The summed E-state index contributed by atoms with van der Waals surface area (Å²) in [5.74, 6) is -0.389. The highest BCUT2D eigenvalue weighted by Crippen LogP contribution is 2.30. The molecule has 0 saturated heterocycles. The van der Waals surface area contributed by atoms with Crippen LogP contribution >= 0.6 is 35.2 Å². The van der Waals surface area contributed by atoms with Crippen molar-refractivity contribution in [3.63, 3.8) is 0 Å². The minimum atomic E-state index is -0.991. The topological polar surface area (TPSA) is 76.0 Å². The minimum Gasteiger partial charge on any atom is -0.508 e. The van der Waals surface area contributed by atoms with Crippen molar-refractivity contribution in [1.29, 1.82) is 0 Å². The number of hydrogen-bond acceptors (Lipinski definition) is 6. The van der Waals surface area contributed by atoms with E-state index in [-0.39, 0.29) is 18.1 Å². The Labute approximate surface area is 143 Å². The van der Waals surface area contributed by atoms with Crippen LogP contribution in [0.25, 0.3) is 0 Å². The van der Waals surface area contributed by atoms with Gasteiger partial charge in [0.25, 0.3) is 0 Å². The fraction of sp³-hybridized carbons (Fsp3) is 0.500. The van der Waals surface area contributed by atoms with Gasteiger partial charge in [-0.1, -0.05) is 0 Å². The first-order chi connectivity index (χ1) is 9.99. The van der Waals surface area contributed by atoms with Gasteiger partial charge in [-0.05, 0) is 47.7 Å². The molecule has 118 valence electrons. The Morgan fingerprint density at radius 3 is 2.81 bits per heavy atom. The van der Waals surface area contributed by atoms with Crippen molar-refractivity contribution in [3.8, 4) is 5.75 Å². The molecule has 0 radical (unpaired) electrons. The van der Waals surface area contributed by atoms with Crippen LogP contribution in [0.3, 0.4) is 0 Å². The number of phenolic OH excluding ortho intramolecular Hbond substituents is 1. The van der Waals surface area contributed by atoms with Gasteiger partial charge in [-0.25, -0.2) is 0 Å². The van der Waals surface area contributed by atoms with E-state index in [9.17, 15) is 15.0 Å². The molecule has 0 aliphatic rings. The summed E-state index contributed by atoms with van der Waals surface area (Å²) in [6.45, 7) is 2.35. The molecular weight excluding hydrogens is 407 g/mol. The van der Waals surface area contributed by atoms with E-state index in [0.29, 0.717) is 18.6 Å². The van der Waals surface area contributed by atoms with E-state index in [1.54, 1.807) is 12.1 Å². The van der Waals surface area contributed by atoms with Crippen molar-refractivity contribution in [2.75, 3.05) is 19.0 Å². The molecule has 0 aliphatic heterocycles. The molecule has 0 saturated carbocycles. The smallest absolute Gasteiger partial charge is 0.315 e. The van der Waals surface area contributed by atoms with Crippen LogP contribution in [-0.2, 0) is 14.3 Å². The first kappa shape index (κ1) is 18.5. The van der Waals surface area contributed by atoms with E-state index in [2.05, 4.69) is 35.2 Å². The van der Waals surface area contributed by atoms with Crippen molar-refractivity contribution in [3.05, 3.63) is 27.3 Å². The molecule has 7 heteroatoms. The SMILES string of the molecule is CCO[C@@H](CCOC(=O)CS)[C@@H](O)c1cc(I)ccc1O. The Kier molecular flexibility index (Phi) is 8.38. The maximum absolute atomic E-state index is 11.0. The first-order valence-electron chi connectivity index (χ1n) is 6.54. The summed E-state index contributed by atoms with van der Waals surface area (Å²) < 4.78 is 11.3. The Hall–Kier alpha value is -0.510. The van der Waals surface area contributed by atoms with E-state index in [1.807, 2.05) is 6.92 Å². The summed E-state index contributed by atoms with van der Waals surface area (Å²) >= 11 is 5.92. The molecular formula is C14H19IO5S. The standard InChI is InChI=1S/C14H19IO5S/c1-2-19-12(5-6-20-13(17)8-21)14(18)10-7-9(15)3-4-11(10)16/h3-4,7,12,14,16,18,21H,2,5-6,8H2,1H3/t12-,14-/m0/s1. The van der Waals surface area contributed by atoms with Crippen LogP contribution in [0.2, 0.25) is 0 Å². The number of carbonyl (C=O) groups is 1. The summed E-state index contributed by atoms with van der Waals surface area (Å²) in [7, 11) is 0. The van der Waals surface area contributed by atoms with Gasteiger partial charge in [0.05, 0.1) is 18.5 Å². The van der Waals surface area contributed by atoms with Gasteiger partial charge in [0.2, 0.25) is 0 Å². The van der Waals surface area contributed by atoms with Crippen molar-refractivity contribution < 1.29 is 24.5 Å². The third-order valence-electron chi connectivity index (χ3n) is 2.84. The molecule has 2 atom stereocenters. The zero-order valence-corrected chi connectivity index (χ0v) is 14.7. The second-order valence-corrected chi connectivity index (χ2v) is 5.87. The number of aliphatic hydroxyl groups excluding tert-OH is 1. The van der Waals surface area contributed by atoms with Gasteiger partial charge in [0.15, 0.2) is 0 Å². The molecule has 0 aliphatic carbocycles. The third-order valence-corrected chi connectivity index (χ3v) is 3.76. The van der Waals surface area contributed by atoms with Gasteiger partial charge in [0, 0.05) is 22.2 Å². The second kappa shape index (κ2) is 9.50. The number of carbonyl (C=O) groups excluding carboxylic acids is 1. The lowest BCUT2D eigenvalue weighted by atomic mass is 10.0. The van der Waals surface area contributed by atoms with Crippen LogP contribution in [0.1, 0.15) is 25.0 Å². The molecule has 0 unspecified atom stereocenters. The molecule has 0 amide bonds. The highest BCUT2D eigenvalue weighted by Gasteiger charge is 2.24. The number of rotatable bonds is 8. The van der Waals surface area contributed by atoms with Gasteiger partial charge in [-0.2, -0.15) is 12.6 Å². The molecule has 1 aromatic carbocycles. The largest absolute Gasteiger partial charge is 0.508 e. The van der Waals surface area contributed by atoms with E-state index in [1.165, 1.54) is 6.07 Å². The van der Waals surface area contributed by atoms with Crippen molar-refractivity contribution >= 4 is 41.2 Å². The van der Waals surface area contributed by atoms with E-state index in [4.69, 9.17) is 9.47 Å². The Morgan fingerprint density at radius 1 is 1.48 bits per heavy atom. The average Bonchev–Trinajstić information content (AvgIpc) is 2.47. The highest BCUT2D eigenvalue weighted by molar-refractivity contribution is 14.1. The van der Waals surface area contributed by atoms with Gasteiger partial charge < -0.3 is 19.7 Å². The number of halogens is 1. The molecule has 21 heavy (non-hydrogen) atoms. The summed E-state index contributed by atoms with van der Waals surface area (Å²) in [5, 5.41) is 20.3. The zero-order valence-electron chi connectivity index (χ0n) is 11.7. The van der Waals surface area contributed by atoms with Crippen LogP contribution in [0.4, 0.5) is 0 Å². The summed E-state index contributed by atoms with van der Waals surface area (Å²) in [6.07, 6.45) is -1.22. The van der Waals surface area contributed by atoms with Crippen LogP contribution in [0.5, 0.6) is 5.75 Å². The Morgan fingerprint density at radius 2 is 2.19 bits per heavy atom. The second-order valence-electron chi connectivity index (χ2n) is 4.31. The molecule has 2 N–H and O–H groups in total. The minimum absolute atomic E-state index is 0.0134. The summed E-state index contributed by atoms with van der Waals surface area (Å²) in [5.41, 5.74) is 0.404. The normalized spacial score (nSPS) is 13.7. The first-order valence-corrected chi connectivity index (χ1v) is 8.25. The Bertz CT molecular complexity index is 469. The molecule has 0 heterocycles. The predicted molar refractivity (Wildman–Crippen MR) is 90.6 cm³/mol. The molecule has 0 bridgehead atoms. The number of aromatic hydroxyl groups is 1. The van der Waals surface area contributed by atoms with Crippen molar-refractivity contribution in [1.82, 2.24) is 0 Å². The number of hydrogen-bond donors (Lipinski definition) is 3. The lowest BCUT2D eigenvalue weighted by Gasteiger charge is -2.23. The molecule has 0 spiro atoms. The lowest BCUT2D eigenvalue weighted by Crippen LogP contribution is -2.25. The summed E-state index contributed by atoms with van der Waals surface area (Å²) in [6, 6.07) is 4.98. The van der Waals surface area contributed by atoms with E-state index in [0.717, 1.165) is 3.57 Å². The zero-order chi connectivity index (χ0) is 15.8. The van der Waals surface area contributed by atoms with Gasteiger partial charge >= 0.3 is 5.97 Å². The number of esters is 1.